The number of hydrogen-bond acceptors (Lipinski definition) is 4. The smallest absolute Gasteiger partial charge is 0.131 e. The second kappa shape index (κ2) is 5.95. The lowest BCUT2D eigenvalue weighted by atomic mass is 10.1. The van der Waals surface area contributed by atoms with Gasteiger partial charge in [0.25, 0.3) is 0 Å². The molecule has 2 fully saturated rings. The normalized spacial score (nSPS) is 41.6. The van der Waals surface area contributed by atoms with Crippen molar-refractivity contribution in [2.24, 2.45) is 0 Å². The van der Waals surface area contributed by atoms with Crippen molar-refractivity contribution >= 4 is 0 Å². The summed E-state index contributed by atoms with van der Waals surface area (Å²) in [5.74, 6) is 0. The lowest BCUT2D eigenvalue weighted by molar-refractivity contribution is -0.936. The molecule has 6 heteroatoms. The zero-order valence-electron chi connectivity index (χ0n) is 9.87. The zero-order chi connectivity index (χ0) is 11.8. The van der Waals surface area contributed by atoms with Crippen LogP contribution in [-0.4, -0.2) is 75.5 Å². The fraction of sp³-hybridized carbons (Fsp3) is 1.00. The average Bonchev–Trinajstić information content (AvgIpc) is 2.33. The van der Waals surface area contributed by atoms with E-state index in [4.69, 9.17) is 0 Å². The van der Waals surface area contributed by atoms with Crippen molar-refractivity contribution in [2.75, 3.05) is 26.2 Å². The minimum Gasteiger partial charge on any atom is -1.00 e. The summed E-state index contributed by atoms with van der Waals surface area (Å²) in [7, 11) is 0. The summed E-state index contributed by atoms with van der Waals surface area (Å²) in [6, 6.07) is 0. The van der Waals surface area contributed by atoms with Gasteiger partial charge in [0.2, 0.25) is 0 Å². The van der Waals surface area contributed by atoms with E-state index in [1.807, 2.05) is 0 Å². The largest absolute Gasteiger partial charge is 1.00 e. The van der Waals surface area contributed by atoms with E-state index < -0.39 is 24.4 Å². The van der Waals surface area contributed by atoms with Gasteiger partial charge in [-0.3, -0.25) is 0 Å². The van der Waals surface area contributed by atoms with Gasteiger partial charge in [0, 0.05) is 0 Å². The summed E-state index contributed by atoms with van der Waals surface area (Å²) in [4.78, 5) is 0. The van der Waals surface area contributed by atoms with Crippen molar-refractivity contribution in [3.05, 3.63) is 0 Å². The van der Waals surface area contributed by atoms with Gasteiger partial charge in [-0.1, -0.05) is 0 Å². The third-order valence-electron chi connectivity index (χ3n) is 4.05. The van der Waals surface area contributed by atoms with Crippen LogP contribution in [0.25, 0.3) is 0 Å². The molecule has 1 spiro atoms. The molecule has 17 heavy (non-hydrogen) atoms. The number of quaternary nitrogens is 1. The molecule has 0 aromatic heterocycles. The number of rotatable bonds is 0. The van der Waals surface area contributed by atoms with Crippen LogP contribution >= 0.6 is 0 Å². The average molecular weight is 312 g/mol. The highest BCUT2D eigenvalue weighted by atomic mass is 79.9. The van der Waals surface area contributed by atoms with Crippen LogP contribution in [-0.2, 0) is 0 Å². The van der Waals surface area contributed by atoms with Gasteiger partial charge in [-0.05, 0) is 19.3 Å². The molecule has 2 rings (SSSR count). The maximum absolute atomic E-state index is 9.83. The number of hydrogen-bond donors (Lipinski definition) is 4. The Bertz CT molecular complexity index is 230. The van der Waals surface area contributed by atoms with Crippen LogP contribution < -0.4 is 17.0 Å². The summed E-state index contributed by atoms with van der Waals surface area (Å²) in [5, 5.41) is 38.9. The van der Waals surface area contributed by atoms with E-state index in [0.29, 0.717) is 17.6 Å². The van der Waals surface area contributed by atoms with Crippen molar-refractivity contribution in [3.63, 3.8) is 0 Å². The standard InChI is InChI=1S/C11H22NO4.BrH/c13-8-6-12(4-2-1-3-5-12)7-9(14)11(16)10(8)15;/h8-11,13-16H,1-7H2;1H/q+1;/p-1/t8-,9+,10-,11-;/m1./s1. The fourth-order valence-electron chi connectivity index (χ4n) is 3.09. The molecule has 0 bridgehead atoms. The highest BCUT2D eigenvalue weighted by molar-refractivity contribution is 4.84. The van der Waals surface area contributed by atoms with E-state index in [1.165, 1.54) is 6.42 Å². The minimum atomic E-state index is -1.23. The Kier molecular flexibility index (Phi) is 5.37. The van der Waals surface area contributed by atoms with Gasteiger partial charge in [0.1, 0.15) is 37.5 Å². The second-order valence-electron chi connectivity index (χ2n) is 5.33. The van der Waals surface area contributed by atoms with E-state index in [2.05, 4.69) is 0 Å². The lowest BCUT2D eigenvalue weighted by Crippen LogP contribution is -3.00. The maximum Gasteiger partial charge on any atom is 0.131 e. The van der Waals surface area contributed by atoms with E-state index in [9.17, 15) is 20.4 Å². The first-order valence-electron chi connectivity index (χ1n) is 6.11. The molecule has 2 heterocycles. The molecule has 2 aliphatic heterocycles. The van der Waals surface area contributed by atoms with Gasteiger partial charge >= 0.3 is 0 Å². The van der Waals surface area contributed by atoms with Crippen LogP contribution in [0.5, 0.6) is 0 Å². The molecule has 0 aromatic carbocycles. The van der Waals surface area contributed by atoms with E-state index in [0.717, 1.165) is 25.9 Å². The van der Waals surface area contributed by atoms with Gasteiger partial charge in [0.05, 0.1) is 13.1 Å². The van der Waals surface area contributed by atoms with Crippen molar-refractivity contribution in [1.82, 2.24) is 0 Å². The Morgan fingerprint density at radius 3 is 1.53 bits per heavy atom. The van der Waals surface area contributed by atoms with Gasteiger partial charge in [0.15, 0.2) is 0 Å². The summed E-state index contributed by atoms with van der Waals surface area (Å²) < 4.78 is 0.635. The third-order valence-corrected chi connectivity index (χ3v) is 4.05. The van der Waals surface area contributed by atoms with E-state index in [1.54, 1.807) is 0 Å². The molecule has 0 radical (unpaired) electrons. The molecule has 0 aliphatic carbocycles. The first-order valence-corrected chi connectivity index (χ1v) is 6.11. The SMILES string of the molecule is O[C@H]1[C@H](O)[C@@H](O)C[N+]2(CCCCC2)C[C@H]1O.[Br-]. The van der Waals surface area contributed by atoms with Gasteiger partial charge in [-0.25, -0.2) is 0 Å². The monoisotopic (exact) mass is 311 g/mol. The third kappa shape index (κ3) is 3.19. The number of halogens is 1. The highest BCUT2D eigenvalue weighted by Gasteiger charge is 2.45. The summed E-state index contributed by atoms with van der Waals surface area (Å²) >= 11 is 0. The molecule has 4 N–H and O–H groups in total. The Labute approximate surface area is 112 Å². The topological polar surface area (TPSA) is 80.9 Å². The molecular formula is C11H22BrNO4. The minimum absolute atomic E-state index is 0. The molecule has 4 atom stereocenters. The number of piperidine rings is 1. The number of aliphatic hydroxyl groups excluding tert-OH is 4. The zero-order valence-corrected chi connectivity index (χ0v) is 11.5. The summed E-state index contributed by atoms with van der Waals surface area (Å²) in [6.45, 7) is 2.73. The van der Waals surface area contributed by atoms with E-state index in [-0.39, 0.29) is 17.0 Å². The van der Waals surface area contributed by atoms with Gasteiger partial charge in [-0.2, -0.15) is 0 Å². The molecule has 0 amide bonds. The van der Waals surface area contributed by atoms with Crippen LogP contribution in [0, 0.1) is 0 Å². The van der Waals surface area contributed by atoms with Crippen LogP contribution in [0.3, 0.4) is 0 Å². The predicted molar refractivity (Wildman–Crippen MR) is 57.6 cm³/mol. The molecule has 2 saturated heterocycles. The maximum atomic E-state index is 9.83. The Morgan fingerprint density at radius 1 is 0.706 bits per heavy atom. The molecule has 102 valence electrons. The molecule has 5 nitrogen and oxygen atoms in total. The van der Waals surface area contributed by atoms with Crippen LogP contribution in [0.15, 0.2) is 0 Å². The van der Waals surface area contributed by atoms with Crippen molar-refractivity contribution in [2.45, 2.75) is 43.7 Å². The molecule has 0 unspecified atom stereocenters. The summed E-state index contributed by atoms with van der Waals surface area (Å²) in [6.07, 6.45) is -0.964. The number of aliphatic hydroxyl groups is 4. The van der Waals surface area contributed by atoms with Crippen molar-refractivity contribution < 1.29 is 41.9 Å². The number of nitrogens with zero attached hydrogens (tertiary/aromatic N) is 1. The van der Waals surface area contributed by atoms with Crippen molar-refractivity contribution in [1.29, 1.82) is 0 Å². The first kappa shape index (κ1) is 15.3. The Hall–Kier alpha value is 0.280. The van der Waals surface area contributed by atoms with Gasteiger partial charge < -0.3 is 41.9 Å². The predicted octanol–water partition coefficient (Wildman–Crippen LogP) is -4.55. The molecule has 0 aromatic rings. The summed E-state index contributed by atoms with van der Waals surface area (Å²) in [5.41, 5.74) is 0. The molecular weight excluding hydrogens is 290 g/mol. The lowest BCUT2D eigenvalue weighted by Gasteiger charge is -2.42. The van der Waals surface area contributed by atoms with Crippen LogP contribution in [0.2, 0.25) is 0 Å². The quantitative estimate of drug-likeness (QED) is 0.340. The fourth-order valence-corrected chi connectivity index (χ4v) is 3.09. The first-order chi connectivity index (χ1) is 7.54. The van der Waals surface area contributed by atoms with Gasteiger partial charge in [-0.15, -0.1) is 0 Å². The Morgan fingerprint density at radius 2 is 1.12 bits per heavy atom. The van der Waals surface area contributed by atoms with Crippen LogP contribution in [0.4, 0.5) is 0 Å². The molecule has 0 saturated carbocycles. The molecule has 2 aliphatic rings. The van der Waals surface area contributed by atoms with E-state index >= 15 is 0 Å². The Balaban J connectivity index is 0.00000144. The second-order valence-corrected chi connectivity index (χ2v) is 5.33. The van der Waals surface area contributed by atoms with Crippen LogP contribution in [0.1, 0.15) is 19.3 Å². The van der Waals surface area contributed by atoms with Crippen molar-refractivity contribution in [3.8, 4) is 0 Å². The highest BCUT2D eigenvalue weighted by Crippen LogP contribution is 2.25.